The molecule has 7 aliphatic carbocycles. The number of benzene rings is 7. The first-order valence-corrected chi connectivity index (χ1v) is 33.8. The highest BCUT2D eigenvalue weighted by Crippen LogP contribution is 2.60. The van der Waals surface area contributed by atoms with Crippen molar-refractivity contribution in [3.8, 4) is 0 Å². The third-order valence-electron chi connectivity index (χ3n) is 21.0. The van der Waals surface area contributed by atoms with Crippen molar-refractivity contribution in [1.82, 2.24) is 0 Å². The van der Waals surface area contributed by atoms with Crippen LogP contribution >= 0.6 is 0 Å². The van der Waals surface area contributed by atoms with E-state index in [1.54, 1.807) is 23.1 Å². The van der Waals surface area contributed by atoms with E-state index in [-0.39, 0.29) is 5.41 Å². The van der Waals surface area contributed by atoms with Gasteiger partial charge >= 0.3 is 0 Å². The van der Waals surface area contributed by atoms with Crippen molar-refractivity contribution in [3.05, 3.63) is 245 Å². The van der Waals surface area contributed by atoms with Crippen LogP contribution in [0.25, 0.3) is 0 Å². The largest absolute Gasteiger partial charge is 0.0620 e. The van der Waals surface area contributed by atoms with Gasteiger partial charge in [-0.1, -0.05) is 215 Å². The van der Waals surface area contributed by atoms with Crippen LogP contribution in [0.1, 0.15) is 248 Å². The molecule has 0 saturated heterocycles. The number of hydrogen-bond acceptors (Lipinski definition) is 0. The summed E-state index contributed by atoms with van der Waals surface area (Å²) in [5.41, 5.74) is 28.5. The quantitative estimate of drug-likeness (QED) is 0.161. The molecule has 7 saturated carbocycles. The fraction of sp³-hybridized carbons (Fsp3) is 0.506. The highest BCUT2D eigenvalue weighted by molar-refractivity contribution is 5.39. The van der Waals surface area contributed by atoms with Gasteiger partial charge in [0.15, 0.2) is 0 Å². The average molecular weight is 1140 g/mol. The maximum Gasteiger partial charge on any atom is -0.00415 e. The van der Waals surface area contributed by atoms with Gasteiger partial charge in [-0.15, -0.1) is 0 Å². The lowest BCUT2D eigenvalue weighted by atomic mass is 9.50. The van der Waals surface area contributed by atoms with Gasteiger partial charge in [0.25, 0.3) is 0 Å². The monoisotopic (exact) mass is 1140 g/mol. The van der Waals surface area contributed by atoms with Crippen molar-refractivity contribution in [3.63, 3.8) is 0 Å². The maximum atomic E-state index is 2.41. The Labute approximate surface area is 521 Å². The van der Waals surface area contributed by atoms with Crippen molar-refractivity contribution in [2.45, 2.75) is 250 Å². The first-order valence-electron chi connectivity index (χ1n) is 33.8. The molecule has 456 valence electrons. The first kappa shape index (κ1) is 67.1. The van der Waals surface area contributed by atoms with E-state index < -0.39 is 0 Å². The lowest BCUT2D eigenvalue weighted by molar-refractivity contribution is -0.00297. The number of aryl methyl sites for hydroxylation is 14. The van der Waals surface area contributed by atoms with Gasteiger partial charge in [-0.2, -0.15) is 0 Å². The molecule has 0 heterocycles. The van der Waals surface area contributed by atoms with Crippen LogP contribution < -0.4 is 0 Å². The van der Waals surface area contributed by atoms with Gasteiger partial charge < -0.3 is 0 Å². The molecule has 0 spiro atoms. The summed E-state index contributed by atoms with van der Waals surface area (Å²) >= 11 is 0. The summed E-state index contributed by atoms with van der Waals surface area (Å²) in [4.78, 5) is 0. The summed E-state index contributed by atoms with van der Waals surface area (Å²) in [5.74, 6) is 7.72. The molecule has 14 rings (SSSR count). The zero-order valence-corrected chi connectivity index (χ0v) is 57.3. The smallest absolute Gasteiger partial charge is 0.00415 e. The highest BCUT2D eigenvalue weighted by atomic mass is 14.5. The summed E-state index contributed by atoms with van der Waals surface area (Å²) in [5, 5.41) is 0. The lowest BCUT2D eigenvalue weighted by Gasteiger charge is -2.55. The molecule has 0 atom stereocenters. The zero-order chi connectivity index (χ0) is 61.8. The minimum atomic E-state index is 0.274. The van der Waals surface area contributed by atoms with Gasteiger partial charge in [-0.25, -0.2) is 0 Å². The molecule has 6 bridgehead atoms. The molecule has 0 heteroatoms. The third-order valence-corrected chi connectivity index (χ3v) is 21.0. The highest BCUT2D eigenvalue weighted by Gasteiger charge is 2.49. The van der Waals surface area contributed by atoms with Crippen LogP contribution in [0.4, 0.5) is 0 Å². The van der Waals surface area contributed by atoms with Crippen molar-refractivity contribution in [2.75, 3.05) is 0 Å². The first-order chi connectivity index (χ1) is 40.3. The zero-order valence-electron chi connectivity index (χ0n) is 57.3. The second-order valence-electron chi connectivity index (χ2n) is 29.5. The van der Waals surface area contributed by atoms with Gasteiger partial charge in [-0.3, -0.25) is 0 Å². The van der Waals surface area contributed by atoms with Crippen LogP contribution in [-0.4, -0.2) is 0 Å². The van der Waals surface area contributed by atoms with Crippen LogP contribution in [0.5, 0.6) is 0 Å². The SMILES string of the molecule is CCc1cc(C)ccc1C.Cc1ccc(C)c(C(C)(C)C)c1.Cc1ccc(C)c(C(C)C)c1.Cc1ccc(C)c(C)c1.Cc1ccc(C)c(C2CCC2)c1.Cc1ccccc1C12CCC(CC1)C2.Cc1ccccc1C1C2CC3CC(C2)CC1C3. The summed E-state index contributed by atoms with van der Waals surface area (Å²) < 4.78 is 0. The minimum Gasteiger partial charge on any atom is -0.0620 e. The van der Waals surface area contributed by atoms with Crippen molar-refractivity contribution < 1.29 is 0 Å². The average Bonchev–Trinajstić information content (AvgIpc) is 1.77. The molecule has 85 heavy (non-hydrogen) atoms. The molecule has 7 aliphatic rings. The van der Waals surface area contributed by atoms with Crippen LogP contribution in [0.15, 0.2) is 140 Å². The standard InChI is InChI=1S/C17H22.C14H18.C12H16.C12H18.C11H16.C10H14.C9H12/c1-11-4-2-3-5-16(11)17-14-7-12-6-13(9-14)10-15(17)8-12;1-11-4-2-3-5-13(11)14-8-6-12(10-14)7-9-14;1-9-6-7-10(2)12(8-9)11-4-3-5-11;1-9-6-7-10(2)11(8-9)12(3,4)5;1-8(2)11-7-9(3)5-6-10(11)4;1-4-10-7-8(2)5-6-9(10)3;1-7-4-5-8(2)9(3)6-7/h2-5,12-15,17H,6-10H2,1H3;2-5,12H,6-10H2,1H3;6-8,11H,3-5H2,1-2H3;6-8H,1-5H3;5-8H,1-4H3;5-7H,4H2,1-3H3;4-6H,1-3H3. The number of hydrogen-bond donors (Lipinski definition) is 0. The van der Waals surface area contributed by atoms with Crippen molar-refractivity contribution >= 4 is 0 Å². The van der Waals surface area contributed by atoms with Crippen LogP contribution in [0.2, 0.25) is 0 Å². The van der Waals surface area contributed by atoms with E-state index in [1.165, 1.54) is 166 Å². The molecule has 0 N–H and O–H groups in total. The summed E-state index contributed by atoms with van der Waals surface area (Å²) in [6, 6.07) is 51.4. The Morgan fingerprint density at radius 3 is 1.36 bits per heavy atom. The van der Waals surface area contributed by atoms with Crippen molar-refractivity contribution in [1.29, 1.82) is 0 Å². The number of rotatable bonds is 5. The van der Waals surface area contributed by atoms with E-state index in [2.05, 4.69) is 271 Å². The van der Waals surface area contributed by atoms with E-state index in [0.29, 0.717) is 11.3 Å². The van der Waals surface area contributed by atoms with Crippen LogP contribution in [0, 0.1) is 120 Å². The van der Waals surface area contributed by atoms with E-state index in [0.717, 1.165) is 47.8 Å². The molecule has 0 radical (unpaired) electrons. The second kappa shape index (κ2) is 30.4. The normalized spacial score (nSPS) is 22.1. The Bertz CT molecular complexity index is 3200. The van der Waals surface area contributed by atoms with Crippen LogP contribution in [0.3, 0.4) is 0 Å². The number of fused-ring (bicyclic) bond motifs is 2. The minimum absolute atomic E-state index is 0.274. The molecular formula is C85H116. The molecule has 0 amide bonds. The van der Waals surface area contributed by atoms with Gasteiger partial charge in [0.05, 0.1) is 0 Å². The Hall–Kier alpha value is -5.46. The third kappa shape index (κ3) is 18.3. The topological polar surface area (TPSA) is 0 Å². The van der Waals surface area contributed by atoms with E-state index >= 15 is 0 Å². The Morgan fingerprint density at radius 1 is 0.424 bits per heavy atom. The summed E-state index contributed by atoms with van der Waals surface area (Å²) in [6.45, 7) is 41.8. The second-order valence-corrected chi connectivity index (χ2v) is 29.5. The fourth-order valence-corrected chi connectivity index (χ4v) is 16.0. The molecular weight excluding hydrogens is 1020 g/mol. The molecule has 7 fully saturated rings. The van der Waals surface area contributed by atoms with Crippen molar-refractivity contribution in [2.24, 2.45) is 29.6 Å². The molecule has 7 aromatic rings. The Morgan fingerprint density at radius 2 is 0.906 bits per heavy atom. The molecule has 0 unspecified atom stereocenters. The van der Waals surface area contributed by atoms with Crippen LogP contribution in [-0.2, 0) is 17.3 Å². The van der Waals surface area contributed by atoms with Gasteiger partial charge in [0, 0.05) is 0 Å². The Balaban J connectivity index is 0.000000144. The maximum absolute atomic E-state index is 2.41. The van der Waals surface area contributed by atoms with E-state index in [9.17, 15) is 0 Å². The van der Waals surface area contributed by atoms with Gasteiger partial charge in [0.2, 0.25) is 0 Å². The molecule has 7 aromatic carbocycles. The predicted octanol–water partition coefficient (Wildman–Crippen LogP) is 24.4. The molecule has 0 aliphatic heterocycles. The Kier molecular flexibility index (Phi) is 24.0. The summed E-state index contributed by atoms with van der Waals surface area (Å²) in [6.07, 6.45) is 20.4. The van der Waals surface area contributed by atoms with Gasteiger partial charge in [0.1, 0.15) is 0 Å². The van der Waals surface area contributed by atoms with E-state index in [4.69, 9.17) is 0 Å². The predicted molar refractivity (Wildman–Crippen MR) is 373 cm³/mol. The molecule has 0 aromatic heterocycles. The van der Waals surface area contributed by atoms with Gasteiger partial charge in [-0.05, 0) is 310 Å². The van der Waals surface area contributed by atoms with E-state index in [1.807, 2.05) is 0 Å². The summed E-state index contributed by atoms with van der Waals surface area (Å²) in [7, 11) is 0. The fourth-order valence-electron chi connectivity index (χ4n) is 16.0. The molecule has 0 nitrogen and oxygen atoms in total. The lowest BCUT2D eigenvalue weighted by Crippen LogP contribution is -2.43.